The number of hydrogen-bond acceptors (Lipinski definition) is 3. The molecule has 0 aliphatic rings. The van der Waals surface area contributed by atoms with E-state index in [0.29, 0.717) is 11.8 Å². The minimum Gasteiger partial charge on any atom is -0.325 e. The van der Waals surface area contributed by atoms with Gasteiger partial charge in [-0.1, -0.05) is 11.6 Å². The average molecular weight is 361 g/mol. The molecule has 5 nitrogen and oxygen atoms in total. The van der Waals surface area contributed by atoms with Crippen molar-refractivity contribution < 1.29 is 22.0 Å². The number of rotatable bonds is 4. The van der Waals surface area contributed by atoms with E-state index in [-0.39, 0.29) is 16.6 Å². The summed E-state index contributed by atoms with van der Waals surface area (Å²) in [6.45, 7) is 1.30. The van der Waals surface area contributed by atoms with E-state index in [2.05, 4.69) is 10.0 Å². The van der Waals surface area contributed by atoms with Gasteiger partial charge in [0, 0.05) is 6.92 Å². The van der Waals surface area contributed by atoms with Crippen LogP contribution < -0.4 is 10.0 Å². The van der Waals surface area contributed by atoms with E-state index in [1.807, 2.05) is 0 Å². The summed E-state index contributed by atoms with van der Waals surface area (Å²) in [4.78, 5) is 10.5. The third-order valence-corrected chi connectivity index (χ3v) is 4.43. The van der Waals surface area contributed by atoms with Gasteiger partial charge in [-0.15, -0.1) is 0 Å². The maximum absolute atomic E-state index is 13.2. The number of anilines is 2. The maximum Gasteiger partial charge on any atom is 0.261 e. The van der Waals surface area contributed by atoms with Gasteiger partial charge < -0.3 is 5.32 Å². The van der Waals surface area contributed by atoms with Crippen LogP contribution in [0.5, 0.6) is 0 Å². The Morgan fingerprint density at radius 3 is 2.35 bits per heavy atom. The Kier molecular flexibility index (Phi) is 4.86. The minimum absolute atomic E-state index is 0.105. The van der Waals surface area contributed by atoms with Gasteiger partial charge in [0.1, 0.15) is 0 Å². The maximum atomic E-state index is 13.2. The lowest BCUT2D eigenvalue weighted by molar-refractivity contribution is -0.114. The lowest BCUT2D eigenvalue weighted by atomic mass is 10.3. The number of halogens is 3. The van der Waals surface area contributed by atoms with Gasteiger partial charge in [-0.3, -0.25) is 9.52 Å². The van der Waals surface area contributed by atoms with Crippen molar-refractivity contribution in [2.24, 2.45) is 0 Å². The Bertz CT molecular complexity index is 872. The van der Waals surface area contributed by atoms with Gasteiger partial charge in [0.25, 0.3) is 10.0 Å². The van der Waals surface area contributed by atoms with Gasteiger partial charge in [0.2, 0.25) is 5.91 Å². The first-order valence-corrected chi connectivity index (χ1v) is 8.10. The van der Waals surface area contributed by atoms with Crippen LogP contribution in [0.1, 0.15) is 6.92 Å². The molecule has 0 saturated carbocycles. The lowest BCUT2D eigenvalue weighted by Crippen LogP contribution is -2.13. The van der Waals surface area contributed by atoms with Crippen molar-refractivity contribution in [1.82, 2.24) is 0 Å². The quantitative estimate of drug-likeness (QED) is 0.877. The summed E-state index contributed by atoms with van der Waals surface area (Å²) in [5.41, 5.74) is 0.420. The van der Waals surface area contributed by atoms with Crippen molar-refractivity contribution in [2.75, 3.05) is 10.0 Å². The second-order valence-electron chi connectivity index (χ2n) is 4.56. The first-order valence-electron chi connectivity index (χ1n) is 6.24. The molecular formula is C14H11ClF2N2O3S. The Hall–Kier alpha value is -2.19. The molecule has 122 valence electrons. The SMILES string of the molecule is CC(=O)Nc1ccc(NS(=O)(=O)c2ccc(F)c(F)c2)cc1Cl. The van der Waals surface area contributed by atoms with Crippen molar-refractivity contribution in [3.05, 3.63) is 53.1 Å². The fourth-order valence-corrected chi connectivity index (χ4v) is 3.02. The zero-order valence-electron chi connectivity index (χ0n) is 11.7. The third kappa shape index (κ3) is 4.17. The Morgan fingerprint density at radius 2 is 1.78 bits per heavy atom. The number of sulfonamides is 1. The molecule has 0 aliphatic carbocycles. The van der Waals surface area contributed by atoms with E-state index in [1.54, 1.807) is 0 Å². The van der Waals surface area contributed by atoms with E-state index in [0.717, 1.165) is 12.1 Å². The van der Waals surface area contributed by atoms with Crippen molar-refractivity contribution >= 4 is 38.9 Å². The highest BCUT2D eigenvalue weighted by atomic mass is 35.5. The predicted octanol–water partition coefficient (Wildman–Crippen LogP) is 3.38. The smallest absolute Gasteiger partial charge is 0.261 e. The van der Waals surface area contributed by atoms with Crippen molar-refractivity contribution in [3.8, 4) is 0 Å². The van der Waals surface area contributed by atoms with Gasteiger partial charge in [-0.05, 0) is 36.4 Å². The Balaban J connectivity index is 2.28. The van der Waals surface area contributed by atoms with E-state index in [1.165, 1.54) is 25.1 Å². The van der Waals surface area contributed by atoms with Gasteiger partial charge in [-0.25, -0.2) is 17.2 Å². The van der Waals surface area contributed by atoms with Crippen LogP contribution in [-0.2, 0) is 14.8 Å². The number of amides is 1. The molecule has 0 radical (unpaired) electrons. The predicted molar refractivity (Wildman–Crippen MR) is 82.9 cm³/mol. The van der Waals surface area contributed by atoms with Crippen LogP contribution in [0.4, 0.5) is 20.2 Å². The van der Waals surface area contributed by atoms with Gasteiger partial charge in [-0.2, -0.15) is 0 Å². The van der Waals surface area contributed by atoms with Gasteiger partial charge in [0.15, 0.2) is 11.6 Å². The van der Waals surface area contributed by atoms with E-state index < -0.39 is 26.6 Å². The van der Waals surface area contributed by atoms with Crippen LogP contribution in [0.15, 0.2) is 41.3 Å². The summed E-state index contributed by atoms with van der Waals surface area (Å²) in [5, 5.41) is 2.59. The number of nitrogens with one attached hydrogen (secondary N) is 2. The fourth-order valence-electron chi connectivity index (χ4n) is 1.73. The van der Waals surface area contributed by atoms with Gasteiger partial charge in [0.05, 0.1) is 21.3 Å². The second kappa shape index (κ2) is 6.51. The van der Waals surface area contributed by atoms with Crippen molar-refractivity contribution in [1.29, 1.82) is 0 Å². The Morgan fingerprint density at radius 1 is 1.09 bits per heavy atom. The van der Waals surface area contributed by atoms with E-state index in [4.69, 9.17) is 11.6 Å². The molecule has 0 unspecified atom stereocenters. The number of carbonyl (C=O) groups is 1. The standard InChI is InChI=1S/C14H11ClF2N2O3S/c1-8(20)18-14-5-2-9(6-11(14)15)19-23(21,22)10-3-4-12(16)13(17)7-10/h2-7,19H,1H3,(H,18,20). The molecule has 0 fully saturated rings. The summed E-state index contributed by atoms with van der Waals surface area (Å²) < 4.78 is 52.5. The molecule has 1 amide bonds. The molecule has 0 heterocycles. The molecule has 0 atom stereocenters. The Labute approximate surface area is 136 Å². The molecule has 2 N–H and O–H groups in total. The molecule has 0 spiro atoms. The largest absolute Gasteiger partial charge is 0.325 e. The number of carbonyl (C=O) groups excluding carboxylic acids is 1. The molecule has 2 aromatic carbocycles. The summed E-state index contributed by atoms with van der Waals surface area (Å²) in [7, 11) is -4.11. The van der Waals surface area contributed by atoms with Crippen LogP contribution in [-0.4, -0.2) is 14.3 Å². The second-order valence-corrected chi connectivity index (χ2v) is 6.65. The minimum atomic E-state index is -4.11. The number of benzene rings is 2. The average Bonchev–Trinajstić information content (AvgIpc) is 2.44. The molecular weight excluding hydrogens is 350 g/mol. The molecule has 2 rings (SSSR count). The van der Waals surface area contributed by atoms with Crippen LogP contribution in [0.25, 0.3) is 0 Å². The first-order chi connectivity index (χ1) is 10.7. The highest BCUT2D eigenvalue weighted by molar-refractivity contribution is 7.92. The third-order valence-electron chi connectivity index (χ3n) is 2.73. The molecule has 9 heteroatoms. The van der Waals surface area contributed by atoms with E-state index >= 15 is 0 Å². The molecule has 2 aromatic rings. The van der Waals surface area contributed by atoms with Crippen LogP contribution >= 0.6 is 11.6 Å². The van der Waals surface area contributed by atoms with Crippen LogP contribution in [0.3, 0.4) is 0 Å². The molecule has 0 saturated heterocycles. The molecule has 0 aromatic heterocycles. The lowest BCUT2D eigenvalue weighted by Gasteiger charge is -2.11. The zero-order chi connectivity index (χ0) is 17.2. The summed E-state index contributed by atoms with van der Waals surface area (Å²) in [6, 6.07) is 6.29. The van der Waals surface area contributed by atoms with Crippen molar-refractivity contribution in [2.45, 2.75) is 11.8 Å². The topological polar surface area (TPSA) is 75.3 Å². The summed E-state index contributed by atoms with van der Waals surface area (Å²) >= 11 is 5.94. The highest BCUT2D eigenvalue weighted by Gasteiger charge is 2.17. The van der Waals surface area contributed by atoms with E-state index in [9.17, 15) is 22.0 Å². The monoisotopic (exact) mass is 360 g/mol. The molecule has 23 heavy (non-hydrogen) atoms. The van der Waals surface area contributed by atoms with Gasteiger partial charge >= 0.3 is 0 Å². The molecule has 0 bridgehead atoms. The molecule has 0 aliphatic heterocycles. The highest BCUT2D eigenvalue weighted by Crippen LogP contribution is 2.27. The zero-order valence-corrected chi connectivity index (χ0v) is 13.3. The van der Waals surface area contributed by atoms with Crippen LogP contribution in [0, 0.1) is 11.6 Å². The normalized spacial score (nSPS) is 11.1. The van der Waals surface area contributed by atoms with Crippen LogP contribution in [0.2, 0.25) is 5.02 Å². The van der Waals surface area contributed by atoms with Crippen molar-refractivity contribution in [3.63, 3.8) is 0 Å². The summed E-state index contributed by atoms with van der Waals surface area (Å²) in [6.07, 6.45) is 0. The fraction of sp³-hybridized carbons (Fsp3) is 0.0714. The first kappa shape index (κ1) is 17.2. The number of hydrogen-bond donors (Lipinski definition) is 2. The summed E-state index contributed by atoms with van der Waals surface area (Å²) in [5.74, 6) is -2.75.